The third-order valence-electron chi connectivity index (χ3n) is 4.05. The van der Waals surface area contributed by atoms with Crippen LogP contribution < -0.4 is 9.47 Å². The molecule has 0 saturated carbocycles. The summed E-state index contributed by atoms with van der Waals surface area (Å²) in [5.74, 6) is 1.53. The number of benzene rings is 2. The molecule has 0 heterocycles. The highest BCUT2D eigenvalue weighted by atomic mass is 16.5. The molecule has 0 amide bonds. The van der Waals surface area contributed by atoms with E-state index in [9.17, 15) is 4.79 Å². The van der Waals surface area contributed by atoms with Gasteiger partial charge in [-0.15, -0.1) is 0 Å². The number of allylic oxidation sites excluding steroid dienone is 1. The number of hydrogen-bond donors (Lipinski definition) is 0. The molecule has 3 nitrogen and oxygen atoms in total. The SMILES string of the molecule is CCOc1ccc(C=C2CCc3ccccc3C2=O)cc1OC. The maximum absolute atomic E-state index is 12.6. The fourth-order valence-corrected chi connectivity index (χ4v) is 2.90. The van der Waals surface area contributed by atoms with Crippen LogP contribution in [0.1, 0.15) is 34.8 Å². The van der Waals surface area contributed by atoms with Crippen LogP contribution in [0.25, 0.3) is 6.08 Å². The molecular weight excluding hydrogens is 288 g/mol. The van der Waals surface area contributed by atoms with E-state index in [1.165, 1.54) is 0 Å². The van der Waals surface area contributed by atoms with Gasteiger partial charge >= 0.3 is 0 Å². The van der Waals surface area contributed by atoms with Crippen molar-refractivity contribution in [3.05, 3.63) is 64.7 Å². The Balaban J connectivity index is 1.92. The Bertz CT molecular complexity index is 759. The predicted octanol–water partition coefficient (Wildman–Crippen LogP) is 4.31. The number of ether oxygens (including phenoxy) is 2. The highest BCUT2D eigenvalue weighted by Gasteiger charge is 2.21. The van der Waals surface area contributed by atoms with Gasteiger partial charge in [0.2, 0.25) is 0 Å². The zero-order chi connectivity index (χ0) is 16.2. The number of aryl methyl sites for hydroxylation is 1. The molecule has 3 heteroatoms. The van der Waals surface area contributed by atoms with Crippen molar-refractivity contribution >= 4 is 11.9 Å². The van der Waals surface area contributed by atoms with E-state index in [0.717, 1.165) is 40.9 Å². The Hall–Kier alpha value is -2.55. The van der Waals surface area contributed by atoms with Crippen molar-refractivity contribution in [2.75, 3.05) is 13.7 Å². The largest absolute Gasteiger partial charge is 0.493 e. The molecule has 0 N–H and O–H groups in total. The maximum atomic E-state index is 12.6. The van der Waals surface area contributed by atoms with Gasteiger partial charge in [-0.25, -0.2) is 0 Å². The summed E-state index contributed by atoms with van der Waals surface area (Å²) >= 11 is 0. The topological polar surface area (TPSA) is 35.5 Å². The lowest BCUT2D eigenvalue weighted by molar-refractivity contribution is 0.102. The van der Waals surface area contributed by atoms with Gasteiger partial charge in [0.05, 0.1) is 13.7 Å². The van der Waals surface area contributed by atoms with Crippen LogP contribution in [0.5, 0.6) is 11.5 Å². The molecule has 118 valence electrons. The van der Waals surface area contributed by atoms with Crippen molar-refractivity contribution in [1.82, 2.24) is 0 Å². The van der Waals surface area contributed by atoms with Gasteiger partial charge in [0.15, 0.2) is 17.3 Å². The Labute approximate surface area is 136 Å². The standard InChI is InChI=1S/C20H20O3/c1-3-23-18-11-8-14(13-19(18)22-2)12-16-10-9-15-6-4-5-7-17(15)20(16)21/h4-8,11-13H,3,9-10H2,1-2H3. The molecule has 23 heavy (non-hydrogen) atoms. The Morgan fingerprint density at radius 3 is 2.70 bits per heavy atom. The molecule has 0 saturated heterocycles. The number of methoxy groups -OCH3 is 1. The van der Waals surface area contributed by atoms with Gasteiger partial charge in [-0.1, -0.05) is 30.3 Å². The summed E-state index contributed by atoms with van der Waals surface area (Å²) in [5, 5.41) is 0. The van der Waals surface area contributed by atoms with E-state index in [1.807, 2.05) is 55.5 Å². The summed E-state index contributed by atoms with van der Waals surface area (Å²) < 4.78 is 10.9. The summed E-state index contributed by atoms with van der Waals surface area (Å²) in [7, 11) is 1.62. The lowest BCUT2D eigenvalue weighted by atomic mass is 9.86. The second-order valence-corrected chi connectivity index (χ2v) is 5.50. The molecule has 2 aromatic carbocycles. The maximum Gasteiger partial charge on any atom is 0.189 e. The average molecular weight is 308 g/mol. The van der Waals surface area contributed by atoms with Crippen molar-refractivity contribution in [2.45, 2.75) is 19.8 Å². The Kier molecular flexibility index (Phi) is 4.47. The Morgan fingerprint density at radius 1 is 1.09 bits per heavy atom. The van der Waals surface area contributed by atoms with E-state index in [4.69, 9.17) is 9.47 Å². The highest BCUT2D eigenvalue weighted by molar-refractivity contribution is 6.13. The Morgan fingerprint density at radius 2 is 1.91 bits per heavy atom. The third-order valence-corrected chi connectivity index (χ3v) is 4.05. The van der Waals surface area contributed by atoms with Gasteiger partial charge in [0.25, 0.3) is 0 Å². The quantitative estimate of drug-likeness (QED) is 0.790. The first-order chi connectivity index (χ1) is 11.2. The number of fused-ring (bicyclic) bond motifs is 1. The first-order valence-electron chi connectivity index (χ1n) is 7.87. The van der Waals surface area contributed by atoms with Crippen molar-refractivity contribution in [1.29, 1.82) is 0 Å². The normalized spacial score (nSPS) is 15.4. The number of carbonyl (C=O) groups is 1. The fraction of sp³-hybridized carbons (Fsp3) is 0.250. The fourth-order valence-electron chi connectivity index (χ4n) is 2.90. The number of rotatable bonds is 4. The monoisotopic (exact) mass is 308 g/mol. The smallest absolute Gasteiger partial charge is 0.189 e. The minimum Gasteiger partial charge on any atom is -0.493 e. The van der Waals surface area contributed by atoms with Gasteiger partial charge in [-0.2, -0.15) is 0 Å². The van der Waals surface area contributed by atoms with E-state index in [2.05, 4.69) is 0 Å². The molecule has 0 radical (unpaired) electrons. The number of hydrogen-bond acceptors (Lipinski definition) is 3. The minimum atomic E-state index is 0.125. The van der Waals surface area contributed by atoms with Crippen molar-refractivity contribution in [2.24, 2.45) is 0 Å². The van der Waals surface area contributed by atoms with E-state index in [-0.39, 0.29) is 5.78 Å². The summed E-state index contributed by atoms with van der Waals surface area (Å²) in [6.45, 7) is 2.53. The van der Waals surface area contributed by atoms with Gasteiger partial charge in [-0.05, 0) is 49.1 Å². The van der Waals surface area contributed by atoms with Crippen LogP contribution in [0.2, 0.25) is 0 Å². The summed E-state index contributed by atoms with van der Waals surface area (Å²) in [6.07, 6.45) is 3.63. The van der Waals surface area contributed by atoms with Crippen LogP contribution >= 0.6 is 0 Å². The highest BCUT2D eigenvalue weighted by Crippen LogP contribution is 2.31. The van der Waals surface area contributed by atoms with Crippen LogP contribution in [-0.2, 0) is 6.42 Å². The van der Waals surface area contributed by atoms with Crippen molar-refractivity contribution in [3.8, 4) is 11.5 Å². The summed E-state index contributed by atoms with van der Waals surface area (Å²) in [5.41, 5.74) is 3.75. The van der Waals surface area contributed by atoms with Crippen molar-refractivity contribution in [3.63, 3.8) is 0 Å². The summed E-state index contributed by atoms with van der Waals surface area (Å²) in [4.78, 5) is 12.6. The van der Waals surface area contributed by atoms with Gasteiger partial charge in [0, 0.05) is 11.1 Å². The molecule has 1 aliphatic carbocycles. The second kappa shape index (κ2) is 6.69. The second-order valence-electron chi connectivity index (χ2n) is 5.50. The van der Waals surface area contributed by atoms with Crippen LogP contribution in [0.3, 0.4) is 0 Å². The lowest BCUT2D eigenvalue weighted by Crippen LogP contribution is -2.13. The molecule has 0 bridgehead atoms. The van der Waals surface area contributed by atoms with Crippen LogP contribution in [-0.4, -0.2) is 19.5 Å². The summed E-state index contributed by atoms with van der Waals surface area (Å²) in [6, 6.07) is 13.6. The van der Waals surface area contributed by atoms with Crippen LogP contribution in [0.15, 0.2) is 48.0 Å². The molecule has 0 aromatic heterocycles. The minimum absolute atomic E-state index is 0.125. The van der Waals surface area contributed by atoms with Gasteiger partial charge in [-0.3, -0.25) is 4.79 Å². The molecule has 2 aromatic rings. The average Bonchev–Trinajstić information content (AvgIpc) is 2.59. The zero-order valence-corrected chi connectivity index (χ0v) is 13.5. The van der Waals surface area contributed by atoms with Crippen molar-refractivity contribution < 1.29 is 14.3 Å². The first kappa shape index (κ1) is 15.3. The molecule has 3 rings (SSSR count). The predicted molar refractivity (Wildman–Crippen MR) is 91.2 cm³/mol. The number of Topliss-reactive ketones (excluding diaryl/α,β-unsaturated/α-hetero) is 1. The molecule has 0 spiro atoms. The molecule has 0 unspecified atom stereocenters. The third kappa shape index (κ3) is 3.14. The van der Waals surface area contributed by atoms with E-state index >= 15 is 0 Å². The zero-order valence-electron chi connectivity index (χ0n) is 13.5. The molecule has 0 aliphatic heterocycles. The van der Waals surface area contributed by atoms with Gasteiger partial charge in [0.1, 0.15) is 0 Å². The molecule has 1 aliphatic rings. The lowest BCUT2D eigenvalue weighted by Gasteiger charge is -2.17. The van der Waals surface area contributed by atoms with Crippen LogP contribution in [0.4, 0.5) is 0 Å². The van der Waals surface area contributed by atoms with Crippen LogP contribution in [0, 0.1) is 0 Å². The van der Waals surface area contributed by atoms with E-state index in [0.29, 0.717) is 12.4 Å². The molecular formula is C20H20O3. The van der Waals surface area contributed by atoms with E-state index < -0.39 is 0 Å². The van der Waals surface area contributed by atoms with E-state index in [1.54, 1.807) is 7.11 Å². The molecule has 0 fully saturated rings. The number of carbonyl (C=O) groups excluding carboxylic acids is 1. The van der Waals surface area contributed by atoms with Gasteiger partial charge < -0.3 is 9.47 Å². The first-order valence-corrected chi connectivity index (χ1v) is 7.87. The number of ketones is 1. The molecule has 0 atom stereocenters.